The van der Waals surface area contributed by atoms with Gasteiger partial charge in [0.15, 0.2) is 6.23 Å². The minimum atomic E-state index is -5.81. The van der Waals surface area contributed by atoms with E-state index in [1.807, 2.05) is 4.98 Å². The van der Waals surface area contributed by atoms with Gasteiger partial charge in [-0.15, -0.1) is 0 Å². The number of aryl methyl sites for hydroxylation is 1. The Morgan fingerprint density at radius 1 is 1.02 bits per heavy atom. The van der Waals surface area contributed by atoms with E-state index in [4.69, 9.17) is 14.5 Å². The van der Waals surface area contributed by atoms with E-state index < -0.39 is 65.9 Å². The molecule has 1 saturated heterocycles. The number of carbonyl (C=O) groups excluding carboxylic acids is 1. The van der Waals surface area contributed by atoms with Crippen molar-refractivity contribution in [2.75, 3.05) is 13.2 Å². The average molecular weight is 812 g/mol. The van der Waals surface area contributed by atoms with E-state index in [2.05, 4.69) is 67.0 Å². The number of amides is 1. The highest BCUT2D eigenvalue weighted by atomic mass is 31.3. The first-order valence-corrected chi connectivity index (χ1v) is 20.9. The van der Waals surface area contributed by atoms with Crippen molar-refractivity contribution >= 4 is 52.3 Å². The number of benzene rings is 2. The number of aromatic amines is 1. The zero-order valence-electron chi connectivity index (χ0n) is 28.0. The van der Waals surface area contributed by atoms with Crippen molar-refractivity contribution in [1.29, 1.82) is 0 Å². The molecule has 290 valence electrons. The summed E-state index contributed by atoms with van der Waals surface area (Å²) in [5.74, 6) is 0.0525. The minimum Gasteiger partial charge on any atom is -0.387 e. The lowest BCUT2D eigenvalue weighted by Crippen LogP contribution is -2.38. The molecule has 0 bridgehead atoms. The van der Waals surface area contributed by atoms with Gasteiger partial charge in [-0.2, -0.15) is 8.62 Å². The van der Waals surface area contributed by atoms with E-state index in [-0.39, 0.29) is 30.4 Å². The average Bonchev–Trinajstić information content (AvgIpc) is 3.36. The number of hydrogen-bond acceptors (Lipinski definition) is 12. The Morgan fingerprint density at radius 2 is 1.80 bits per heavy atom. The molecule has 6 rings (SSSR count). The Balaban J connectivity index is 1.02. The van der Waals surface area contributed by atoms with E-state index in [0.29, 0.717) is 12.8 Å². The number of H-pyrrole nitrogens is 1. The largest absolute Gasteiger partial charge is 0.490 e. The third-order valence-corrected chi connectivity index (χ3v) is 12.7. The molecule has 1 aromatic heterocycles. The second-order valence-electron chi connectivity index (χ2n) is 12.6. The monoisotopic (exact) mass is 811 g/mol. The molecular formula is C32H36N3O16P3. The summed E-state index contributed by atoms with van der Waals surface area (Å²) >= 11 is 0. The molecule has 19 nitrogen and oxygen atoms in total. The van der Waals surface area contributed by atoms with Crippen LogP contribution < -0.4 is 16.6 Å². The maximum atomic E-state index is 12.6. The number of ether oxygens (including phenoxy) is 1. The fourth-order valence-electron chi connectivity index (χ4n) is 6.59. The van der Waals surface area contributed by atoms with Crippen LogP contribution in [0.4, 0.5) is 0 Å². The lowest BCUT2D eigenvalue weighted by atomic mass is 9.78. The number of carbonyl (C=O) groups is 1. The summed E-state index contributed by atoms with van der Waals surface area (Å²) in [4.78, 5) is 76.0. The predicted octanol–water partition coefficient (Wildman–Crippen LogP) is 2.03. The van der Waals surface area contributed by atoms with Gasteiger partial charge in [-0.05, 0) is 52.3 Å². The van der Waals surface area contributed by atoms with Crippen LogP contribution in [0.3, 0.4) is 0 Å². The summed E-state index contributed by atoms with van der Waals surface area (Å²) in [6.07, 6.45) is 7.93. The third-order valence-electron chi connectivity index (χ3n) is 8.92. The number of aromatic nitrogens is 2. The highest BCUT2D eigenvalue weighted by Crippen LogP contribution is 2.66. The molecule has 1 fully saturated rings. The van der Waals surface area contributed by atoms with Gasteiger partial charge in [0.2, 0.25) is 5.91 Å². The number of aliphatic hydroxyl groups is 2. The van der Waals surface area contributed by atoms with E-state index in [0.717, 1.165) is 22.7 Å². The number of hydrogen-bond donors (Lipinski definition) is 8. The molecule has 2 aromatic carbocycles. The molecule has 54 heavy (non-hydrogen) atoms. The van der Waals surface area contributed by atoms with Crippen molar-refractivity contribution in [2.24, 2.45) is 0 Å². The Bertz CT molecular complexity index is 2310. The summed E-state index contributed by atoms with van der Waals surface area (Å²) in [5.41, 5.74) is 3.04. The SMILES string of the molecule is O=C(CCCc1ccc2c3c4c(ccc13)CC=CC4C=C2)NC/C=C/c1cn([C@@H]2O[C@H](COP(=O)(O)OP(=O)(O)OP(=O)(O)O)[C@@H](O)[C@H]2O)c(=O)[nH]c1=O. The van der Waals surface area contributed by atoms with Gasteiger partial charge in [0.1, 0.15) is 18.3 Å². The van der Waals surface area contributed by atoms with Crippen molar-refractivity contribution in [1.82, 2.24) is 14.9 Å². The van der Waals surface area contributed by atoms with E-state index >= 15 is 0 Å². The van der Waals surface area contributed by atoms with E-state index in [1.165, 1.54) is 39.6 Å². The molecule has 2 heterocycles. The summed E-state index contributed by atoms with van der Waals surface area (Å²) in [5, 5.41) is 26.2. The van der Waals surface area contributed by atoms with E-state index in [1.54, 1.807) is 0 Å². The predicted molar refractivity (Wildman–Crippen MR) is 191 cm³/mol. The molecule has 3 aliphatic rings. The Morgan fingerprint density at radius 3 is 2.56 bits per heavy atom. The summed E-state index contributed by atoms with van der Waals surface area (Å²) in [7, 11) is -17.0. The lowest BCUT2D eigenvalue weighted by molar-refractivity contribution is -0.120. The van der Waals surface area contributed by atoms with Crippen LogP contribution in [0.1, 0.15) is 52.8 Å². The first-order chi connectivity index (χ1) is 25.4. The minimum absolute atomic E-state index is 0.0341. The molecule has 3 aromatic rings. The molecule has 7 atom stereocenters. The van der Waals surface area contributed by atoms with Gasteiger partial charge in [0.25, 0.3) is 5.56 Å². The van der Waals surface area contributed by atoms with Crippen molar-refractivity contribution in [3.8, 4) is 0 Å². The number of phosphoric acid groups is 3. The molecule has 1 aliphatic heterocycles. The molecule has 22 heteroatoms. The topological polar surface area (TPSA) is 293 Å². The Kier molecular flexibility index (Phi) is 11.7. The molecule has 0 saturated carbocycles. The molecular weight excluding hydrogens is 775 g/mol. The van der Waals surface area contributed by atoms with Gasteiger partial charge in [0, 0.05) is 25.1 Å². The zero-order chi connectivity index (χ0) is 39.0. The lowest BCUT2D eigenvalue weighted by Gasteiger charge is -2.26. The summed E-state index contributed by atoms with van der Waals surface area (Å²) in [6.45, 7) is -1.07. The quantitative estimate of drug-likeness (QED) is 0.0805. The van der Waals surface area contributed by atoms with Crippen LogP contribution >= 0.6 is 23.5 Å². The van der Waals surface area contributed by atoms with Gasteiger partial charge >= 0.3 is 29.2 Å². The number of allylic oxidation sites excluding steroid dienone is 3. The van der Waals surface area contributed by atoms with Gasteiger partial charge < -0.3 is 39.8 Å². The van der Waals surface area contributed by atoms with Crippen LogP contribution in [-0.4, -0.2) is 76.7 Å². The second kappa shape index (κ2) is 15.8. The highest BCUT2D eigenvalue weighted by Gasteiger charge is 2.47. The van der Waals surface area contributed by atoms with Gasteiger partial charge in [-0.25, -0.2) is 18.5 Å². The van der Waals surface area contributed by atoms with Crippen LogP contribution in [0.15, 0.2) is 64.4 Å². The Labute approximate surface area is 305 Å². The van der Waals surface area contributed by atoms with Crippen molar-refractivity contribution in [3.63, 3.8) is 0 Å². The maximum Gasteiger partial charge on any atom is 0.490 e. The third kappa shape index (κ3) is 9.24. The van der Waals surface area contributed by atoms with Crippen molar-refractivity contribution in [2.45, 2.75) is 56.1 Å². The molecule has 8 N–H and O–H groups in total. The van der Waals surface area contributed by atoms with Crippen LogP contribution in [0, 0.1) is 0 Å². The summed E-state index contributed by atoms with van der Waals surface area (Å²) < 4.78 is 52.2. The molecule has 2 aliphatic carbocycles. The molecule has 1 amide bonds. The maximum absolute atomic E-state index is 12.6. The second-order valence-corrected chi connectivity index (χ2v) is 17.1. The van der Waals surface area contributed by atoms with Crippen LogP contribution in [-0.2, 0) is 49.2 Å². The number of nitrogens with zero attached hydrogens (tertiary/aromatic N) is 1. The highest BCUT2D eigenvalue weighted by molar-refractivity contribution is 7.66. The number of phosphoric ester groups is 1. The standard InChI is InChI=1S/C32H36N3O16P3/c36-25(8-2-4-18-9-10-21-12-11-19-5-1-6-20-13-14-23(18)27(21)26(19)20)33-15-3-7-22-16-35(32(40)34-30(22)39)31-29(38)28(37)24(49-31)17-48-53(44,45)51-54(46,47)50-52(41,42)43/h1,3,5,7,9-14,16,19,24,28-29,31,37-38H,2,4,6,8,15,17H2,(H,33,36)(H,44,45)(H,46,47)(H,34,39,40)(H2,41,42,43)/b7-3+/t19?,24-,28-,29-,31-/m1/s1. The van der Waals surface area contributed by atoms with E-state index in [9.17, 15) is 48.1 Å². The van der Waals surface area contributed by atoms with Crippen molar-refractivity contribution < 1.29 is 66.2 Å². The molecule has 3 unspecified atom stereocenters. The first kappa shape index (κ1) is 40.0. The fraction of sp³-hybridized carbons (Fsp3) is 0.344. The van der Waals surface area contributed by atoms with Crippen LogP contribution in [0.25, 0.3) is 22.9 Å². The van der Waals surface area contributed by atoms with Gasteiger partial charge in [0.05, 0.1) is 12.2 Å². The smallest absolute Gasteiger partial charge is 0.387 e. The van der Waals surface area contributed by atoms with Crippen LogP contribution in [0.2, 0.25) is 0 Å². The number of nitrogens with one attached hydrogen (secondary N) is 2. The van der Waals surface area contributed by atoms with Crippen LogP contribution in [0.5, 0.6) is 0 Å². The Hall–Kier alpha value is -3.64. The normalized spacial score (nSPS) is 24.1. The molecule has 0 spiro atoms. The fourth-order valence-corrected chi connectivity index (χ4v) is 9.62. The molecule has 0 radical (unpaired) electrons. The first-order valence-electron chi connectivity index (χ1n) is 16.4. The van der Waals surface area contributed by atoms with Crippen molar-refractivity contribution in [3.05, 3.63) is 103 Å². The number of aliphatic hydroxyl groups excluding tert-OH is 2. The summed E-state index contributed by atoms with van der Waals surface area (Å²) in [6, 6.07) is 8.57. The van der Waals surface area contributed by atoms with Gasteiger partial charge in [-0.1, -0.05) is 60.7 Å². The van der Waals surface area contributed by atoms with Gasteiger partial charge in [-0.3, -0.25) is 23.7 Å². The zero-order valence-corrected chi connectivity index (χ0v) is 30.7. The number of rotatable bonds is 15.